The number of nitrogens with one attached hydrogen (secondary N) is 1. The van der Waals surface area contributed by atoms with Crippen molar-refractivity contribution in [1.29, 1.82) is 0 Å². The lowest BCUT2D eigenvalue weighted by Gasteiger charge is -2.13. The minimum atomic E-state index is -0.363. The fourth-order valence-electron chi connectivity index (χ4n) is 3.41. The van der Waals surface area contributed by atoms with Crippen LogP contribution in [0.15, 0.2) is 58.9 Å². The van der Waals surface area contributed by atoms with E-state index in [4.69, 9.17) is 9.47 Å². The van der Waals surface area contributed by atoms with E-state index in [1.165, 1.54) is 16.2 Å². The van der Waals surface area contributed by atoms with Crippen molar-refractivity contribution in [3.63, 3.8) is 0 Å². The van der Waals surface area contributed by atoms with E-state index in [-0.39, 0.29) is 23.6 Å². The number of unbranched alkanes of at least 4 members (excludes halogenated alkanes) is 1. The largest absolute Gasteiger partial charge is 0.493 e. The third-order valence-electron chi connectivity index (χ3n) is 5.32. The number of hydrogen-bond donors (Lipinski definition) is 1. The molecule has 36 heavy (non-hydrogen) atoms. The molecule has 1 aliphatic rings. The molecule has 2 heterocycles. The highest BCUT2D eigenvalue weighted by molar-refractivity contribution is 8.18. The molecular formula is C26H25N3O5S2. The van der Waals surface area contributed by atoms with Crippen LogP contribution in [-0.4, -0.2) is 40.7 Å². The zero-order chi connectivity index (χ0) is 25.5. The number of ether oxygens (including phenoxy) is 2. The number of methoxy groups -OCH3 is 1. The number of thiazole rings is 1. The number of hydrogen-bond acceptors (Lipinski definition) is 8. The maximum absolute atomic E-state index is 13.0. The fraction of sp³-hybridized carbons (Fsp3) is 0.231. The average Bonchev–Trinajstić information content (AvgIpc) is 3.49. The molecule has 1 aliphatic heterocycles. The van der Waals surface area contributed by atoms with Crippen molar-refractivity contribution >= 4 is 51.4 Å². The van der Waals surface area contributed by atoms with Gasteiger partial charge in [-0.1, -0.05) is 31.5 Å². The van der Waals surface area contributed by atoms with Crippen LogP contribution in [-0.2, 0) is 11.3 Å². The van der Waals surface area contributed by atoms with Gasteiger partial charge in [-0.2, -0.15) is 0 Å². The second kappa shape index (κ2) is 11.9. The van der Waals surface area contributed by atoms with Gasteiger partial charge in [0, 0.05) is 17.1 Å². The predicted octanol–water partition coefficient (Wildman–Crippen LogP) is 5.82. The summed E-state index contributed by atoms with van der Waals surface area (Å²) in [7, 11) is 1.56. The third kappa shape index (κ3) is 6.13. The van der Waals surface area contributed by atoms with Gasteiger partial charge in [0.2, 0.25) is 0 Å². The third-order valence-corrected chi connectivity index (χ3v) is 6.92. The lowest BCUT2D eigenvalue weighted by molar-refractivity contribution is -0.123. The Morgan fingerprint density at radius 1 is 1.14 bits per heavy atom. The van der Waals surface area contributed by atoms with E-state index < -0.39 is 0 Å². The van der Waals surface area contributed by atoms with Crippen LogP contribution in [0.25, 0.3) is 6.08 Å². The molecule has 186 valence electrons. The predicted molar refractivity (Wildman–Crippen MR) is 141 cm³/mol. The Hall–Kier alpha value is -3.63. The van der Waals surface area contributed by atoms with Gasteiger partial charge in [0.15, 0.2) is 16.6 Å². The molecule has 3 aromatic rings. The van der Waals surface area contributed by atoms with E-state index in [1.807, 2.05) is 6.07 Å². The Balaban J connectivity index is 1.42. The highest BCUT2D eigenvalue weighted by Crippen LogP contribution is 2.35. The molecule has 0 aliphatic carbocycles. The Bertz CT molecular complexity index is 1270. The highest BCUT2D eigenvalue weighted by atomic mass is 32.2. The highest BCUT2D eigenvalue weighted by Gasteiger charge is 2.35. The molecule has 2 aromatic carbocycles. The van der Waals surface area contributed by atoms with Crippen LogP contribution in [0.1, 0.15) is 41.3 Å². The van der Waals surface area contributed by atoms with Gasteiger partial charge < -0.3 is 9.47 Å². The maximum atomic E-state index is 13.0. The summed E-state index contributed by atoms with van der Waals surface area (Å²) in [5, 5.41) is 4.67. The molecule has 4 rings (SSSR count). The average molecular weight is 524 g/mol. The summed E-state index contributed by atoms with van der Waals surface area (Å²) in [5.74, 6) is 0.568. The van der Waals surface area contributed by atoms with Gasteiger partial charge in [-0.05, 0) is 59.7 Å². The Kier molecular flexibility index (Phi) is 8.40. The number of amides is 3. The van der Waals surface area contributed by atoms with Crippen molar-refractivity contribution in [1.82, 2.24) is 9.88 Å². The SMILES string of the molecule is CCCCOc1ccc(/C=C2\SC(=O)N(Cc3ccc(C(=O)Nc4nccs4)cc3)C2=O)cc1OC. The summed E-state index contributed by atoms with van der Waals surface area (Å²) in [6.45, 7) is 2.81. The normalized spacial score (nSPS) is 14.4. The summed E-state index contributed by atoms with van der Waals surface area (Å²) < 4.78 is 11.2. The molecule has 1 fully saturated rings. The Labute approximate surface area is 217 Å². The first-order chi connectivity index (χ1) is 17.5. The van der Waals surface area contributed by atoms with Gasteiger partial charge in [-0.3, -0.25) is 24.6 Å². The molecule has 0 atom stereocenters. The number of nitrogens with zero attached hydrogens (tertiary/aromatic N) is 2. The Morgan fingerprint density at radius 2 is 1.94 bits per heavy atom. The van der Waals surface area contributed by atoms with E-state index in [9.17, 15) is 14.4 Å². The van der Waals surface area contributed by atoms with Gasteiger partial charge in [0.05, 0.1) is 25.2 Å². The topological polar surface area (TPSA) is 97.8 Å². The molecule has 0 spiro atoms. The second-order valence-corrected chi connectivity index (χ2v) is 9.76. The summed E-state index contributed by atoms with van der Waals surface area (Å²) >= 11 is 2.23. The molecule has 10 heteroatoms. The monoisotopic (exact) mass is 523 g/mol. The maximum Gasteiger partial charge on any atom is 0.293 e. The summed E-state index contributed by atoms with van der Waals surface area (Å²) in [4.78, 5) is 43.4. The lowest BCUT2D eigenvalue weighted by Crippen LogP contribution is -2.27. The van der Waals surface area contributed by atoms with Crippen LogP contribution in [0.3, 0.4) is 0 Å². The summed E-state index contributed by atoms with van der Waals surface area (Å²) in [5.41, 5.74) is 1.93. The zero-order valence-corrected chi connectivity index (χ0v) is 21.5. The first kappa shape index (κ1) is 25.5. The molecular weight excluding hydrogens is 498 g/mol. The van der Waals surface area contributed by atoms with E-state index >= 15 is 0 Å². The number of rotatable bonds is 10. The number of thioether (sulfide) groups is 1. The van der Waals surface area contributed by atoms with Gasteiger partial charge in [0.25, 0.3) is 17.1 Å². The molecule has 1 saturated heterocycles. The van der Waals surface area contributed by atoms with Crippen molar-refractivity contribution in [3.05, 3.63) is 75.6 Å². The fourth-order valence-corrected chi connectivity index (χ4v) is 4.77. The molecule has 0 bridgehead atoms. The van der Waals surface area contributed by atoms with E-state index in [0.717, 1.165) is 35.7 Å². The van der Waals surface area contributed by atoms with Gasteiger partial charge in [-0.25, -0.2) is 4.98 Å². The zero-order valence-electron chi connectivity index (χ0n) is 19.9. The number of anilines is 1. The molecule has 8 nitrogen and oxygen atoms in total. The minimum absolute atomic E-state index is 0.115. The molecule has 1 aromatic heterocycles. The van der Waals surface area contributed by atoms with Crippen molar-refractivity contribution in [2.75, 3.05) is 19.0 Å². The van der Waals surface area contributed by atoms with Gasteiger partial charge in [0.1, 0.15) is 0 Å². The van der Waals surface area contributed by atoms with Crippen LogP contribution in [0.4, 0.5) is 9.93 Å². The van der Waals surface area contributed by atoms with Crippen molar-refractivity contribution in [2.24, 2.45) is 0 Å². The summed E-state index contributed by atoms with van der Waals surface area (Å²) in [6, 6.07) is 12.2. The molecule has 1 N–H and O–H groups in total. The van der Waals surface area contributed by atoms with Crippen LogP contribution < -0.4 is 14.8 Å². The van der Waals surface area contributed by atoms with Crippen LogP contribution >= 0.6 is 23.1 Å². The first-order valence-electron chi connectivity index (χ1n) is 11.3. The van der Waals surface area contributed by atoms with Gasteiger partial charge >= 0.3 is 0 Å². The number of carbonyl (C=O) groups excluding carboxylic acids is 3. The van der Waals surface area contributed by atoms with Crippen LogP contribution in [0, 0.1) is 0 Å². The lowest BCUT2D eigenvalue weighted by atomic mass is 10.1. The van der Waals surface area contributed by atoms with E-state index in [0.29, 0.717) is 33.7 Å². The number of aromatic nitrogens is 1. The molecule has 0 unspecified atom stereocenters. The van der Waals surface area contributed by atoms with Crippen molar-refractivity contribution in [2.45, 2.75) is 26.3 Å². The smallest absolute Gasteiger partial charge is 0.293 e. The minimum Gasteiger partial charge on any atom is -0.493 e. The number of benzene rings is 2. The second-order valence-electron chi connectivity index (χ2n) is 7.87. The van der Waals surface area contributed by atoms with Gasteiger partial charge in [-0.15, -0.1) is 11.3 Å². The first-order valence-corrected chi connectivity index (χ1v) is 13.0. The van der Waals surface area contributed by atoms with Crippen LogP contribution in [0.2, 0.25) is 0 Å². The van der Waals surface area contributed by atoms with E-state index in [2.05, 4.69) is 17.2 Å². The van der Waals surface area contributed by atoms with Crippen LogP contribution in [0.5, 0.6) is 11.5 Å². The summed E-state index contributed by atoms with van der Waals surface area (Å²) in [6.07, 6.45) is 5.27. The van der Waals surface area contributed by atoms with E-state index in [1.54, 1.807) is 61.2 Å². The van der Waals surface area contributed by atoms with Crippen molar-refractivity contribution in [3.8, 4) is 11.5 Å². The quantitative estimate of drug-likeness (QED) is 0.264. The number of imide groups is 1. The Morgan fingerprint density at radius 3 is 2.64 bits per heavy atom. The molecule has 3 amide bonds. The number of carbonyl (C=O) groups is 3. The molecule has 0 saturated carbocycles. The van der Waals surface area contributed by atoms with Crippen molar-refractivity contribution < 1.29 is 23.9 Å². The standard InChI is InChI=1S/C26H25N3O5S2/c1-3-4-12-34-20-10-7-18(14-21(20)33-2)15-22-24(31)29(26(32)36-22)16-17-5-8-19(9-6-17)23(30)28-25-27-11-13-35-25/h5-11,13-15H,3-4,12,16H2,1-2H3,(H,27,28,30)/b22-15-. The molecule has 0 radical (unpaired) electrons.